The van der Waals surface area contributed by atoms with Crippen LogP contribution >= 0.6 is 11.3 Å². The lowest BCUT2D eigenvalue weighted by molar-refractivity contribution is -0.275. The van der Waals surface area contributed by atoms with Crippen molar-refractivity contribution in [1.29, 1.82) is 0 Å². The Kier molecular flexibility index (Phi) is 6.00. The summed E-state index contributed by atoms with van der Waals surface area (Å²) < 4.78 is 62.2. The van der Waals surface area contributed by atoms with Crippen LogP contribution in [0.3, 0.4) is 0 Å². The van der Waals surface area contributed by atoms with Crippen LogP contribution in [0.5, 0.6) is 5.75 Å². The molecule has 0 fully saturated rings. The van der Waals surface area contributed by atoms with Gasteiger partial charge >= 0.3 is 12.1 Å². The number of hydrogen-bond donors (Lipinski definition) is 1. The van der Waals surface area contributed by atoms with Gasteiger partial charge in [-0.05, 0) is 25.1 Å². The first-order chi connectivity index (χ1) is 16.4. The number of thiazole rings is 1. The first-order valence-corrected chi connectivity index (χ1v) is 10.7. The van der Waals surface area contributed by atoms with E-state index in [9.17, 15) is 31.9 Å². The molecule has 0 spiro atoms. The number of alkyl halides is 3. The minimum atomic E-state index is -5.03. The van der Waals surface area contributed by atoms with Crippen molar-refractivity contribution in [3.8, 4) is 17.0 Å². The topological polar surface area (TPSA) is 108 Å². The number of furan rings is 1. The van der Waals surface area contributed by atoms with E-state index in [1.165, 1.54) is 30.1 Å². The lowest BCUT2D eigenvalue weighted by Gasteiger charge is -2.10. The third kappa shape index (κ3) is 4.69. The summed E-state index contributed by atoms with van der Waals surface area (Å²) in [5.41, 5.74) is -0.412. The smallest absolute Gasteiger partial charge is 0.444 e. The van der Waals surface area contributed by atoms with E-state index in [2.05, 4.69) is 15.0 Å². The fraction of sp³-hybridized carbons (Fsp3) is 0.238. The molecular weight excluding hydrogens is 496 g/mol. The van der Waals surface area contributed by atoms with E-state index in [1.807, 2.05) is 0 Å². The number of fused-ring (bicyclic) bond motifs is 1. The highest BCUT2D eigenvalue weighted by molar-refractivity contribution is 7.14. The zero-order valence-electron chi connectivity index (χ0n) is 18.3. The summed E-state index contributed by atoms with van der Waals surface area (Å²) in [6.07, 6.45) is -5.28. The number of aromatic nitrogens is 3. The van der Waals surface area contributed by atoms with E-state index in [0.29, 0.717) is 11.3 Å². The number of carbonyl (C=O) groups is 1. The molecule has 3 aromatic heterocycles. The van der Waals surface area contributed by atoms with Crippen LogP contribution in [0.4, 0.5) is 22.7 Å². The zero-order chi connectivity index (χ0) is 25.7. The second-order valence-corrected chi connectivity index (χ2v) is 8.34. The van der Waals surface area contributed by atoms with Gasteiger partial charge in [0.2, 0.25) is 11.6 Å². The molecule has 0 aliphatic heterocycles. The molecular formula is C21H16F4N4O5S. The third-order valence-electron chi connectivity index (χ3n) is 5.13. The number of nitrogens with zero attached hydrogens (tertiary/aromatic N) is 3. The maximum absolute atomic E-state index is 14.0. The number of hydrogen-bond acceptors (Lipinski definition) is 7. The quantitative estimate of drug-likeness (QED) is 0.410. The van der Waals surface area contributed by atoms with E-state index in [0.717, 1.165) is 28.0 Å². The summed E-state index contributed by atoms with van der Waals surface area (Å²) in [6, 6.07) is 2.87. The highest BCUT2D eigenvalue weighted by Crippen LogP contribution is 2.31. The molecule has 14 heteroatoms. The molecule has 184 valence electrons. The molecule has 0 atom stereocenters. The fourth-order valence-corrected chi connectivity index (χ4v) is 4.19. The molecule has 0 aliphatic rings. The average Bonchev–Trinajstić information content (AvgIpc) is 3.36. The number of amides is 1. The van der Waals surface area contributed by atoms with Crippen molar-refractivity contribution in [2.24, 2.45) is 14.1 Å². The number of nitrogens with one attached hydrogen (secondary N) is 1. The van der Waals surface area contributed by atoms with Gasteiger partial charge in [-0.1, -0.05) is 0 Å². The molecule has 0 radical (unpaired) electrons. The zero-order valence-corrected chi connectivity index (χ0v) is 19.1. The van der Waals surface area contributed by atoms with Crippen LogP contribution in [0.1, 0.15) is 11.3 Å². The van der Waals surface area contributed by atoms with Gasteiger partial charge in [-0.3, -0.25) is 18.7 Å². The van der Waals surface area contributed by atoms with Crippen molar-refractivity contribution in [3.63, 3.8) is 0 Å². The van der Waals surface area contributed by atoms with E-state index in [1.54, 1.807) is 6.92 Å². The van der Waals surface area contributed by atoms with E-state index >= 15 is 0 Å². The molecule has 1 amide bonds. The first-order valence-electron chi connectivity index (χ1n) is 9.84. The second kappa shape index (κ2) is 8.69. The molecule has 0 bridgehead atoms. The van der Waals surface area contributed by atoms with Gasteiger partial charge < -0.3 is 14.5 Å². The van der Waals surface area contributed by atoms with Crippen LogP contribution in [0.15, 0.2) is 37.6 Å². The Bertz CT molecular complexity index is 1580. The van der Waals surface area contributed by atoms with Crippen LogP contribution in [0.2, 0.25) is 0 Å². The molecule has 0 saturated carbocycles. The first kappa shape index (κ1) is 24.2. The highest BCUT2D eigenvalue weighted by Gasteiger charge is 2.32. The Morgan fingerprint density at radius 1 is 1.23 bits per heavy atom. The standard InChI is InChI=1S/C21H16F4N4O5S/c1-9-11(16-17(31)28(2)20(32)29(3)18(16)33-9)7-15(30)27-19-26-13(8-35-19)10-4-5-14(12(22)6-10)34-21(23,24)25/h4-6,8H,7H2,1-3H3,(H,26,27,30). The van der Waals surface area contributed by atoms with Crippen LogP contribution in [0, 0.1) is 12.7 Å². The Labute approximate surface area is 197 Å². The van der Waals surface area contributed by atoms with E-state index in [-0.39, 0.29) is 33.9 Å². The summed E-state index contributed by atoms with van der Waals surface area (Å²) in [5.74, 6) is -2.44. The lowest BCUT2D eigenvalue weighted by Crippen LogP contribution is -2.36. The predicted molar refractivity (Wildman–Crippen MR) is 118 cm³/mol. The number of halogens is 4. The van der Waals surface area contributed by atoms with Gasteiger partial charge in [0.1, 0.15) is 11.1 Å². The molecule has 0 aliphatic carbocycles. The van der Waals surface area contributed by atoms with Gasteiger partial charge in [-0.25, -0.2) is 14.2 Å². The minimum Gasteiger partial charge on any atom is -0.444 e. The third-order valence-corrected chi connectivity index (χ3v) is 5.89. The van der Waals surface area contributed by atoms with Crippen LogP contribution in [-0.4, -0.2) is 26.4 Å². The number of ether oxygens (including phenoxy) is 1. The van der Waals surface area contributed by atoms with Gasteiger partial charge in [0.25, 0.3) is 5.56 Å². The summed E-state index contributed by atoms with van der Waals surface area (Å²) in [6.45, 7) is 1.56. The van der Waals surface area contributed by atoms with E-state index in [4.69, 9.17) is 4.42 Å². The Morgan fingerprint density at radius 3 is 2.60 bits per heavy atom. The van der Waals surface area contributed by atoms with Crippen LogP contribution in [0.25, 0.3) is 22.4 Å². The van der Waals surface area contributed by atoms with Crippen molar-refractivity contribution in [1.82, 2.24) is 14.1 Å². The summed E-state index contributed by atoms with van der Waals surface area (Å²) in [7, 11) is 2.76. The summed E-state index contributed by atoms with van der Waals surface area (Å²) in [5, 5.41) is 4.30. The maximum Gasteiger partial charge on any atom is 0.573 e. The maximum atomic E-state index is 14.0. The van der Waals surface area contributed by atoms with Crippen molar-refractivity contribution < 1.29 is 31.5 Å². The molecule has 1 aromatic carbocycles. The van der Waals surface area contributed by atoms with Crippen molar-refractivity contribution in [2.45, 2.75) is 19.7 Å². The largest absolute Gasteiger partial charge is 0.573 e. The minimum absolute atomic E-state index is 0.0508. The van der Waals surface area contributed by atoms with Gasteiger partial charge in [0, 0.05) is 30.6 Å². The predicted octanol–water partition coefficient (Wildman–Crippen LogP) is 3.48. The number of carbonyl (C=O) groups excluding carboxylic acids is 1. The molecule has 0 unspecified atom stereocenters. The van der Waals surface area contributed by atoms with Gasteiger partial charge in [0.05, 0.1) is 12.1 Å². The number of anilines is 1. The Hall–Kier alpha value is -3.94. The normalized spacial score (nSPS) is 11.7. The molecule has 0 saturated heterocycles. The van der Waals surface area contributed by atoms with Crippen molar-refractivity contribution in [2.75, 3.05) is 5.32 Å². The highest BCUT2D eigenvalue weighted by atomic mass is 32.1. The number of rotatable bonds is 5. The summed E-state index contributed by atoms with van der Waals surface area (Å²) >= 11 is 1.01. The molecule has 4 rings (SSSR count). The average molecular weight is 512 g/mol. The van der Waals surface area contributed by atoms with Crippen LogP contribution < -0.4 is 21.3 Å². The molecule has 1 N–H and O–H groups in total. The monoisotopic (exact) mass is 512 g/mol. The van der Waals surface area contributed by atoms with Gasteiger partial charge in [-0.2, -0.15) is 0 Å². The molecule has 35 heavy (non-hydrogen) atoms. The molecule has 9 nitrogen and oxygen atoms in total. The number of aryl methyl sites for hydroxylation is 2. The van der Waals surface area contributed by atoms with Crippen molar-refractivity contribution in [3.05, 3.63) is 61.6 Å². The van der Waals surface area contributed by atoms with Crippen molar-refractivity contribution >= 4 is 33.5 Å². The number of benzene rings is 1. The summed E-state index contributed by atoms with van der Waals surface area (Å²) in [4.78, 5) is 41.5. The Morgan fingerprint density at radius 2 is 1.94 bits per heavy atom. The fourth-order valence-electron chi connectivity index (χ4n) is 3.45. The van der Waals surface area contributed by atoms with Crippen LogP contribution in [-0.2, 0) is 25.3 Å². The second-order valence-electron chi connectivity index (χ2n) is 7.48. The van der Waals surface area contributed by atoms with E-state index < -0.39 is 35.1 Å². The SMILES string of the molecule is Cc1oc2c(c1CC(=O)Nc1nc(-c3ccc(OC(F)(F)F)c(F)c3)cs1)c(=O)n(C)c(=O)n2C. The lowest BCUT2D eigenvalue weighted by atomic mass is 10.1. The van der Waals surface area contributed by atoms with Gasteiger partial charge in [0.15, 0.2) is 16.7 Å². The molecule has 3 heterocycles. The molecule has 4 aromatic rings. The van der Waals surface area contributed by atoms with Gasteiger partial charge in [-0.15, -0.1) is 24.5 Å². The Balaban J connectivity index is 1.54.